The van der Waals surface area contributed by atoms with Gasteiger partial charge in [-0.05, 0) is 0 Å². The molecule has 0 saturated heterocycles. The Balaban J connectivity index is 2.30. The molecule has 0 heterocycles. The molecule has 0 spiro atoms. The van der Waals surface area contributed by atoms with Crippen molar-refractivity contribution < 1.29 is 4.32 Å². The molecular weight excluding hydrogens is 53.8 g/mol. The zero-order valence-corrected chi connectivity index (χ0v) is 2.24. The molecule has 0 nitrogen and oxygen atoms in total. The van der Waals surface area contributed by atoms with Crippen LogP contribution in [-0.2, 0) is 0 Å². The van der Waals surface area contributed by atoms with E-state index in [0.717, 1.165) is 5.98 Å². The van der Waals surface area contributed by atoms with Gasteiger partial charge in [0.15, 0.2) is 0 Å². The van der Waals surface area contributed by atoms with Crippen molar-refractivity contribution in [3.05, 3.63) is 12.6 Å². The first kappa shape index (κ1) is 3.73. The summed E-state index contributed by atoms with van der Waals surface area (Å²) in [5.41, 5.74) is 0. The van der Waals surface area contributed by atoms with Crippen LogP contribution in [0, 0.1) is 0 Å². The zero-order valence-electron chi connectivity index (χ0n) is 2.24. The summed E-state index contributed by atoms with van der Waals surface area (Å²) in [6, 6.07) is 0. The van der Waals surface area contributed by atoms with E-state index < -0.39 is 0 Å². The van der Waals surface area contributed by atoms with Crippen LogP contribution in [0.25, 0.3) is 0 Å². The highest BCUT2D eigenvalue weighted by Gasteiger charge is 1.61. The Morgan fingerprint density at radius 1 is 2.00 bits per heavy atom. The highest BCUT2D eigenvalue weighted by atomic mass is 19.1. The van der Waals surface area contributed by atoms with Gasteiger partial charge in [0.05, 0.1) is 0 Å². The first-order valence-electron chi connectivity index (χ1n) is 0.960. The summed E-state index contributed by atoms with van der Waals surface area (Å²) >= 11 is 0. The van der Waals surface area contributed by atoms with Crippen molar-refractivity contribution in [2.75, 3.05) is 0 Å². The molecule has 0 aliphatic heterocycles. The molecule has 0 aliphatic carbocycles. The molecule has 0 aliphatic rings. The van der Waals surface area contributed by atoms with E-state index in [0.29, 0.717) is 7.56 Å². The van der Waals surface area contributed by atoms with E-state index in [4.69, 9.17) is 0 Å². The van der Waals surface area contributed by atoms with Gasteiger partial charge in [-0.1, -0.05) is 5.98 Å². The quantitative estimate of drug-likeness (QED) is 0.389. The van der Waals surface area contributed by atoms with E-state index in [2.05, 4.69) is 6.58 Å². The van der Waals surface area contributed by atoms with Crippen LogP contribution in [0.15, 0.2) is 12.6 Å². The SMILES string of the molecule is C=C[B]F. The fourth-order valence-electron chi connectivity index (χ4n) is 0. The fraction of sp³-hybridized carbons (Fsp3) is 0. The number of hydrogen-bond donors (Lipinski definition) is 0. The van der Waals surface area contributed by atoms with Crippen molar-refractivity contribution in [3.63, 3.8) is 0 Å². The standard InChI is InChI=1S/C2H3BF/c1-2-3-4/h2H,1H2. The zero-order chi connectivity index (χ0) is 3.41. The molecule has 0 saturated carbocycles. The van der Waals surface area contributed by atoms with Crippen molar-refractivity contribution in [2.24, 2.45) is 0 Å². The minimum atomic E-state index is 0.389. The van der Waals surface area contributed by atoms with E-state index in [-0.39, 0.29) is 0 Å². The van der Waals surface area contributed by atoms with Crippen molar-refractivity contribution in [1.29, 1.82) is 0 Å². The third kappa shape index (κ3) is 1.73. The van der Waals surface area contributed by atoms with Crippen molar-refractivity contribution in [1.82, 2.24) is 0 Å². The van der Waals surface area contributed by atoms with Gasteiger partial charge in [0.25, 0.3) is 0 Å². The summed E-state index contributed by atoms with van der Waals surface area (Å²) in [5.74, 6) is 1.08. The summed E-state index contributed by atoms with van der Waals surface area (Å²) < 4.78 is 10.5. The predicted octanol–water partition coefficient (Wildman–Crippen LogP) is 0.719. The van der Waals surface area contributed by atoms with E-state index in [1.54, 1.807) is 0 Å². The van der Waals surface area contributed by atoms with Crippen molar-refractivity contribution >= 4 is 7.56 Å². The van der Waals surface area contributed by atoms with Gasteiger partial charge in [-0.15, -0.1) is 6.58 Å². The van der Waals surface area contributed by atoms with Gasteiger partial charge in [-0.2, -0.15) is 0 Å². The van der Waals surface area contributed by atoms with Crippen LogP contribution in [0.3, 0.4) is 0 Å². The van der Waals surface area contributed by atoms with E-state index in [1.165, 1.54) is 0 Å². The molecule has 0 bridgehead atoms. The van der Waals surface area contributed by atoms with Gasteiger partial charge < -0.3 is 4.32 Å². The smallest absolute Gasteiger partial charge is 0.336 e. The molecule has 0 N–H and O–H groups in total. The Labute approximate surface area is 25.6 Å². The highest BCUT2D eigenvalue weighted by molar-refractivity contribution is 6.33. The molecule has 0 aromatic carbocycles. The highest BCUT2D eigenvalue weighted by Crippen LogP contribution is 1.52. The van der Waals surface area contributed by atoms with E-state index >= 15 is 0 Å². The molecule has 0 aromatic rings. The lowest BCUT2D eigenvalue weighted by Gasteiger charge is -1.48. The van der Waals surface area contributed by atoms with E-state index in [1.807, 2.05) is 0 Å². The summed E-state index contributed by atoms with van der Waals surface area (Å²) in [7, 11) is 0.389. The number of halogens is 1. The maximum atomic E-state index is 10.5. The van der Waals surface area contributed by atoms with Crippen LogP contribution in [0.4, 0.5) is 4.32 Å². The Morgan fingerprint density at radius 2 is 2.25 bits per heavy atom. The summed E-state index contributed by atoms with van der Waals surface area (Å²) in [6.45, 7) is 3.05. The summed E-state index contributed by atoms with van der Waals surface area (Å²) in [6.07, 6.45) is 0. The van der Waals surface area contributed by atoms with Crippen molar-refractivity contribution in [2.45, 2.75) is 0 Å². The first-order valence-corrected chi connectivity index (χ1v) is 0.960. The largest absolute Gasteiger partial charge is 0.383 e. The van der Waals surface area contributed by atoms with Gasteiger partial charge in [-0.25, -0.2) is 0 Å². The van der Waals surface area contributed by atoms with Gasteiger partial charge in [0.2, 0.25) is 0 Å². The third-order valence-corrected chi connectivity index (χ3v) is 0.0891. The molecule has 0 unspecified atom stereocenters. The Hall–Kier alpha value is -0.265. The lowest BCUT2D eigenvalue weighted by molar-refractivity contribution is 0.884. The number of rotatable bonds is 1. The Bertz CT molecular complexity index is 20.0. The van der Waals surface area contributed by atoms with Crippen LogP contribution >= 0.6 is 0 Å². The third-order valence-electron chi connectivity index (χ3n) is 0.0891. The Kier molecular flexibility index (Phi) is 2.55. The molecule has 0 atom stereocenters. The fourth-order valence-corrected chi connectivity index (χ4v) is 0. The summed E-state index contributed by atoms with van der Waals surface area (Å²) in [4.78, 5) is 0. The maximum absolute atomic E-state index is 10.5. The summed E-state index contributed by atoms with van der Waals surface area (Å²) in [5, 5.41) is 0. The normalized spacial score (nSPS) is 5.25. The second kappa shape index (κ2) is 2.73. The van der Waals surface area contributed by atoms with Crippen LogP contribution in [-0.4, -0.2) is 7.56 Å². The molecule has 0 aromatic heterocycles. The van der Waals surface area contributed by atoms with Gasteiger partial charge in [0, 0.05) is 0 Å². The molecule has 0 amide bonds. The minimum absolute atomic E-state index is 0.389. The van der Waals surface area contributed by atoms with Crippen LogP contribution in [0.5, 0.6) is 0 Å². The second-order valence-corrected chi connectivity index (χ2v) is 0.362. The van der Waals surface area contributed by atoms with E-state index in [9.17, 15) is 4.32 Å². The number of hydrogen-bond acceptors (Lipinski definition) is 0. The monoisotopic (exact) mass is 57.0 g/mol. The molecule has 0 rings (SSSR count). The minimum Gasteiger partial charge on any atom is -0.336 e. The lowest BCUT2D eigenvalue weighted by atomic mass is 10.1. The van der Waals surface area contributed by atoms with Gasteiger partial charge >= 0.3 is 7.56 Å². The molecule has 21 valence electrons. The molecule has 0 fully saturated rings. The van der Waals surface area contributed by atoms with Crippen molar-refractivity contribution in [3.8, 4) is 0 Å². The Morgan fingerprint density at radius 3 is 2.25 bits per heavy atom. The maximum Gasteiger partial charge on any atom is 0.383 e. The average Bonchev–Trinajstić information content (AvgIpc) is 1.37. The first-order chi connectivity index (χ1) is 1.91. The predicted molar refractivity (Wildman–Crippen MR) is 17.1 cm³/mol. The van der Waals surface area contributed by atoms with Gasteiger partial charge in [0.1, 0.15) is 0 Å². The van der Waals surface area contributed by atoms with Crippen LogP contribution in [0.1, 0.15) is 0 Å². The molecule has 4 heavy (non-hydrogen) atoms. The second-order valence-electron chi connectivity index (χ2n) is 0.362. The van der Waals surface area contributed by atoms with Gasteiger partial charge in [-0.3, -0.25) is 0 Å². The van der Waals surface area contributed by atoms with Crippen LogP contribution in [0.2, 0.25) is 0 Å². The average molecular weight is 56.9 g/mol. The topological polar surface area (TPSA) is 0 Å². The molecular formula is C2H3BF. The lowest BCUT2D eigenvalue weighted by Crippen LogP contribution is -1.57. The molecule has 2 heteroatoms. The van der Waals surface area contributed by atoms with Crippen LogP contribution < -0.4 is 0 Å². The molecule has 1 radical (unpaired) electrons.